The molecule has 105 heavy (non-hydrogen) atoms. The number of rotatable bonds is 37. The van der Waals surface area contributed by atoms with E-state index in [0.717, 1.165) is 109 Å². The van der Waals surface area contributed by atoms with Crippen molar-refractivity contribution in [3.05, 3.63) is 125 Å². The van der Waals surface area contributed by atoms with Gasteiger partial charge in [-0.25, -0.2) is 9.99 Å². The molecule has 0 spiro atoms. The zero-order valence-corrected chi connectivity index (χ0v) is 62.6. The number of nitrogens with one attached hydrogen (secondary N) is 4. The number of likely N-dealkylation sites (tertiary alicyclic amines) is 1. The van der Waals surface area contributed by atoms with E-state index in [1.807, 2.05) is 131 Å². The van der Waals surface area contributed by atoms with Gasteiger partial charge in [-0.15, -0.1) is 11.6 Å². The topological polar surface area (TPSA) is 307 Å². The summed E-state index contributed by atoms with van der Waals surface area (Å²) in [7, 11) is 7.88. The van der Waals surface area contributed by atoms with Crippen molar-refractivity contribution in [1.82, 2.24) is 40.4 Å². The van der Waals surface area contributed by atoms with Gasteiger partial charge in [0.25, 0.3) is 12.4 Å². The number of hydrazine groups is 1. The Hall–Kier alpha value is -8.12. The fraction of sp³-hybridized carbons (Fsp3) is 0.526. The van der Waals surface area contributed by atoms with Crippen molar-refractivity contribution in [3.8, 4) is 17.2 Å². The van der Waals surface area contributed by atoms with Crippen molar-refractivity contribution in [2.24, 2.45) is 11.8 Å². The summed E-state index contributed by atoms with van der Waals surface area (Å²) in [5.74, 6) is -0.899. The highest BCUT2D eigenvalue weighted by Gasteiger charge is 2.47. The van der Waals surface area contributed by atoms with Gasteiger partial charge in [0.05, 0.1) is 43.8 Å². The third-order valence-electron chi connectivity index (χ3n) is 19.2. The summed E-state index contributed by atoms with van der Waals surface area (Å²) in [5.41, 5.74) is 10.0. The number of aliphatic hydroxyl groups excluding tert-OH is 3. The maximum absolute atomic E-state index is 14.5. The van der Waals surface area contributed by atoms with Gasteiger partial charge in [0.15, 0.2) is 5.78 Å². The molecule has 0 bridgehead atoms. The molecule has 1 aliphatic carbocycles. The minimum atomic E-state index is -1.86. The molecule has 4 aromatic carbocycles. The summed E-state index contributed by atoms with van der Waals surface area (Å²) in [6.45, 7) is 17.4. The number of amides is 4. The Balaban J connectivity index is 0.000000313. The number of fused-ring (bicyclic) bond motifs is 5. The number of ketones is 1. The van der Waals surface area contributed by atoms with E-state index in [4.69, 9.17) is 44.8 Å². The molecule has 6 aromatic rings. The zero-order valence-electron chi connectivity index (χ0n) is 61.9. The molecule has 0 unspecified atom stereocenters. The van der Waals surface area contributed by atoms with E-state index in [1.165, 1.54) is 12.1 Å². The van der Waals surface area contributed by atoms with Crippen LogP contribution >= 0.6 is 11.6 Å². The van der Waals surface area contributed by atoms with Crippen LogP contribution in [-0.4, -0.2) is 218 Å². The van der Waals surface area contributed by atoms with Gasteiger partial charge >= 0.3 is 0 Å². The molecule has 2 fully saturated rings. The van der Waals surface area contributed by atoms with Crippen LogP contribution in [0.1, 0.15) is 113 Å². The molecule has 3 aliphatic heterocycles. The molecule has 5 heterocycles. The van der Waals surface area contributed by atoms with Gasteiger partial charge in [0.1, 0.15) is 54.4 Å². The molecule has 2 aromatic heterocycles. The quantitative estimate of drug-likeness (QED) is 0.00860. The summed E-state index contributed by atoms with van der Waals surface area (Å²) in [6.07, 6.45) is -0.553. The smallest absolute Gasteiger partial charge is 0.295 e. The predicted octanol–water partition coefficient (Wildman–Crippen LogP) is 7.48. The minimum Gasteiger partial charge on any atom is -0.492 e. The molecular formula is C78H105ClN10O16. The second kappa shape index (κ2) is 39.5. The van der Waals surface area contributed by atoms with Crippen LogP contribution in [0.2, 0.25) is 0 Å². The molecule has 10 rings (SSSR count). The summed E-state index contributed by atoms with van der Waals surface area (Å²) >= 11 is 6.62. The average Bonchev–Trinajstić information content (AvgIpc) is 1.63. The molecule has 0 radical (unpaired) electrons. The molecule has 4 amide bonds. The van der Waals surface area contributed by atoms with Crippen LogP contribution in [-0.2, 0) is 73.8 Å². The van der Waals surface area contributed by atoms with Crippen LogP contribution < -0.4 is 40.5 Å². The van der Waals surface area contributed by atoms with Crippen LogP contribution in [0.3, 0.4) is 0 Å². The number of hydrogen-bond acceptors (Lipinski definition) is 21. The van der Waals surface area contributed by atoms with Crippen LogP contribution in [0.25, 0.3) is 27.9 Å². The number of ether oxygens (including phenoxy) is 7. The number of alkyl halides is 1. The van der Waals surface area contributed by atoms with E-state index < -0.39 is 48.8 Å². The lowest BCUT2D eigenvalue weighted by Crippen LogP contribution is -2.59. The second-order valence-corrected chi connectivity index (χ2v) is 28.1. The van der Waals surface area contributed by atoms with Crippen molar-refractivity contribution >= 4 is 86.7 Å². The maximum Gasteiger partial charge on any atom is 0.295 e. The number of aromatic nitrogens is 2. The van der Waals surface area contributed by atoms with Gasteiger partial charge in [-0.05, 0) is 129 Å². The minimum absolute atomic E-state index is 0.0128. The van der Waals surface area contributed by atoms with Crippen LogP contribution in [0.4, 0.5) is 11.4 Å². The highest BCUT2D eigenvalue weighted by atomic mass is 35.5. The average molecular weight is 1470 g/mol. The Bertz CT molecular complexity index is 3940. The summed E-state index contributed by atoms with van der Waals surface area (Å²) < 4.78 is 42.2. The number of likely N-dealkylation sites (N-methyl/N-ethyl adjacent to an activating group) is 1. The number of piperidine rings is 1. The second-order valence-electron chi connectivity index (χ2n) is 27.8. The fourth-order valence-electron chi connectivity index (χ4n) is 13.3. The van der Waals surface area contributed by atoms with Gasteiger partial charge in [0, 0.05) is 137 Å². The highest BCUT2D eigenvalue weighted by molar-refractivity contribution is 6.19. The monoisotopic (exact) mass is 1470 g/mol. The lowest BCUT2D eigenvalue weighted by molar-refractivity contribution is -0.321. The summed E-state index contributed by atoms with van der Waals surface area (Å²) in [4.78, 5) is 88.7. The number of benzene rings is 4. The normalized spacial score (nSPS) is 19.2. The molecule has 570 valence electrons. The molecular weight excluding hydrogens is 1370 g/mol. The third kappa shape index (κ3) is 21.6. The number of aliphatic hydroxyl groups is 3. The third-order valence-corrected chi connectivity index (χ3v) is 19.6. The highest BCUT2D eigenvalue weighted by Crippen LogP contribution is 2.47. The van der Waals surface area contributed by atoms with E-state index in [-0.39, 0.29) is 78.6 Å². The Labute approximate surface area is 619 Å². The van der Waals surface area contributed by atoms with Crippen LogP contribution in [0.15, 0.2) is 96.7 Å². The van der Waals surface area contributed by atoms with Crippen LogP contribution in [0, 0.1) is 11.8 Å². The van der Waals surface area contributed by atoms with Crippen molar-refractivity contribution < 1.29 is 77.2 Å². The molecule has 2 saturated heterocycles. The standard InChI is InChI=1S/C53H63ClN4O13.C25H42N6O3/c1-7-10-44(61)56-46(29(2)3)41(60)19-30(4)50(65)55-39-16-13-31(20-43(39)70-53-49(64)47(62)48(63)52(71-53)69-28-59)27-68-42-24-40-45(38-12-9-8-11-37(38)42)35(25-54)26-58(40)51(66)34-21-32-14-15-36(23-33(32)22-34)67-18-17-57(5)6;1-4-15-33-17-18-34-16-11-27-22-7-12-30(13-8-22)24(32)9-14-31-23(20-29(3)26-2)19-21-6-5-10-28-25(21)31/h8-9,11-16,20,22-24,28-30,35,46-49,52-53,62-64H,7,10,17-19,21,25-27H2,1-6H3,(H,55,65)(H,56,61);5-6,10,19,22,26-27H,4,7-9,11-18,20H2,1-3H3/t30-,35-,46+,47+,48+,49-,52+,53-;/m1./s1. The number of Topliss-reactive ketones (excluding diaryl/α,β-unsaturated/α-hetero) is 1. The van der Waals surface area contributed by atoms with E-state index in [1.54, 1.807) is 17.9 Å². The Morgan fingerprint density at radius 2 is 1.57 bits per heavy atom. The number of pyridine rings is 1. The summed E-state index contributed by atoms with van der Waals surface area (Å²) in [6, 6.07) is 26.0. The van der Waals surface area contributed by atoms with E-state index in [0.29, 0.717) is 87.4 Å². The first-order chi connectivity index (χ1) is 50.6. The van der Waals surface area contributed by atoms with E-state index in [9.17, 15) is 44.1 Å². The number of nitrogens with zero attached hydrogens (tertiary/aromatic N) is 6. The summed E-state index contributed by atoms with van der Waals surface area (Å²) in [5, 5.41) is 45.9. The maximum atomic E-state index is 14.5. The van der Waals surface area contributed by atoms with E-state index in [2.05, 4.69) is 50.0 Å². The molecule has 8 atom stereocenters. The molecule has 0 saturated carbocycles. The fourth-order valence-corrected chi connectivity index (χ4v) is 13.6. The van der Waals surface area contributed by atoms with Crippen molar-refractivity contribution in [1.29, 1.82) is 0 Å². The number of hydrogen-bond donors (Lipinski definition) is 7. The first-order valence-corrected chi connectivity index (χ1v) is 37.0. The van der Waals surface area contributed by atoms with Gasteiger partial charge in [-0.1, -0.05) is 71.0 Å². The van der Waals surface area contributed by atoms with Gasteiger partial charge < -0.3 is 79.0 Å². The number of carbonyl (C=O) groups is 6. The first-order valence-electron chi connectivity index (χ1n) is 36.5. The van der Waals surface area contributed by atoms with Crippen molar-refractivity contribution in [2.45, 2.75) is 155 Å². The predicted molar refractivity (Wildman–Crippen MR) is 401 cm³/mol. The zero-order chi connectivity index (χ0) is 75.3. The Kier molecular flexibility index (Phi) is 30.4. The van der Waals surface area contributed by atoms with Crippen molar-refractivity contribution in [2.75, 3.05) is 110 Å². The number of halogens is 1. The molecule has 26 nitrogen and oxygen atoms in total. The Morgan fingerprint density at radius 1 is 0.819 bits per heavy atom. The lowest BCUT2D eigenvalue weighted by Gasteiger charge is -2.39. The SMILES string of the molecule is CCCC(=O)N[C@H](C(=O)C[C@@H](C)C(=O)Nc1ccc(COc2cc3c(c4ccccc24)[C@H](CCl)CN3C(=O)C2=Cc3cc(OCCN(C)C)ccc3C2)cc1O[C@@H]1O[C@H](OC=O)[C@@H](O)[C@H](O)[C@H]1O)C(C)C.CCCOCCOCCNC1CCN(C(=O)CCn2c(CN(C)NC)cc3cccnc32)CC1. The van der Waals surface area contributed by atoms with Crippen molar-refractivity contribution in [3.63, 3.8) is 0 Å². The molecule has 4 aliphatic rings. The van der Waals surface area contributed by atoms with E-state index >= 15 is 0 Å². The molecule has 7 N–H and O–H groups in total. The van der Waals surface area contributed by atoms with Gasteiger partial charge in [-0.2, -0.15) is 0 Å². The Morgan fingerprint density at radius 3 is 2.29 bits per heavy atom. The van der Waals surface area contributed by atoms with Gasteiger partial charge in [0.2, 0.25) is 30.3 Å². The molecule has 27 heteroatoms. The lowest BCUT2D eigenvalue weighted by atomic mass is 9.92. The van der Waals surface area contributed by atoms with Gasteiger partial charge in [-0.3, -0.25) is 38.9 Å². The largest absolute Gasteiger partial charge is 0.492 e. The number of carbonyl (C=O) groups excluding carboxylic acids is 6. The number of aryl methyl sites for hydroxylation is 1. The number of anilines is 2. The first kappa shape index (κ1) is 81.0. The van der Waals surface area contributed by atoms with Crippen LogP contribution in [0.5, 0.6) is 17.2 Å².